The smallest absolute Gasteiger partial charge is 0.257 e. The van der Waals surface area contributed by atoms with Crippen molar-refractivity contribution >= 4 is 24.6 Å². The van der Waals surface area contributed by atoms with Crippen LogP contribution in [0.1, 0.15) is 31.4 Å². The van der Waals surface area contributed by atoms with E-state index in [2.05, 4.69) is 17.9 Å². The van der Waals surface area contributed by atoms with Gasteiger partial charge >= 0.3 is 0 Å². The number of nitrogens with one attached hydrogen (secondary N) is 1. The molecular weight excluding hydrogens is 390 g/mol. The van der Waals surface area contributed by atoms with Crippen LogP contribution < -0.4 is 14.8 Å². The van der Waals surface area contributed by atoms with E-state index in [1.165, 1.54) is 33.5 Å². The molecule has 154 valence electrons. The number of amides is 1. The summed E-state index contributed by atoms with van der Waals surface area (Å²) >= 11 is 4.37. The Balaban J connectivity index is 1.49. The molecule has 3 atom stereocenters. The van der Waals surface area contributed by atoms with Crippen LogP contribution in [0.3, 0.4) is 0 Å². The summed E-state index contributed by atoms with van der Waals surface area (Å²) in [5.74, 6) is 2.78. The molecule has 0 saturated heterocycles. The summed E-state index contributed by atoms with van der Waals surface area (Å²) in [5, 5.41) is 13.2. The molecule has 2 aromatic rings. The molecule has 2 aliphatic rings. The Labute approximate surface area is 175 Å². The van der Waals surface area contributed by atoms with Crippen molar-refractivity contribution in [1.82, 2.24) is 5.32 Å². The van der Waals surface area contributed by atoms with Gasteiger partial charge in [-0.25, -0.2) is 0 Å². The third kappa shape index (κ3) is 3.96. The zero-order chi connectivity index (χ0) is 20.5. The van der Waals surface area contributed by atoms with E-state index in [0.29, 0.717) is 27.9 Å². The average molecular weight is 416 g/mol. The van der Waals surface area contributed by atoms with Crippen molar-refractivity contribution in [3.8, 4) is 28.6 Å². The Morgan fingerprint density at radius 3 is 2.52 bits per heavy atom. The standard InChI is InChI=1S/C22H25NO5S/c1-26-18-9-14(10-19(27-2)21(18)24)17-6-5-15(28-17)11-20(29)22(25)23-16-8-12-3-4-13(16)7-12/h5-6,9-13,16,24,29H,3-4,7-8H2,1-2H3,(H,23,25)/b20-11-. The van der Waals surface area contributed by atoms with Crippen molar-refractivity contribution in [2.75, 3.05) is 14.2 Å². The SMILES string of the molecule is COc1cc(-c2ccc(/C=C(\S)C(=O)NC3CC4CCC3C4)o2)cc(OC)c1O. The molecule has 4 rings (SSSR count). The Bertz CT molecular complexity index is 925. The summed E-state index contributed by atoms with van der Waals surface area (Å²) in [7, 11) is 2.94. The molecular formula is C22H25NO5S. The van der Waals surface area contributed by atoms with Crippen LogP contribution in [0.4, 0.5) is 0 Å². The molecule has 1 heterocycles. The fourth-order valence-corrected chi connectivity index (χ4v) is 4.68. The summed E-state index contributed by atoms with van der Waals surface area (Å²) in [5.41, 5.74) is 0.684. The van der Waals surface area contributed by atoms with Crippen molar-refractivity contribution in [2.45, 2.75) is 31.7 Å². The number of methoxy groups -OCH3 is 2. The van der Waals surface area contributed by atoms with E-state index in [9.17, 15) is 9.90 Å². The van der Waals surface area contributed by atoms with Gasteiger partial charge in [-0.2, -0.15) is 0 Å². The number of aromatic hydroxyl groups is 1. The molecule has 0 aliphatic heterocycles. The van der Waals surface area contributed by atoms with Gasteiger partial charge in [0.1, 0.15) is 11.5 Å². The van der Waals surface area contributed by atoms with Gasteiger partial charge in [-0.1, -0.05) is 6.42 Å². The van der Waals surface area contributed by atoms with E-state index in [0.717, 1.165) is 12.3 Å². The van der Waals surface area contributed by atoms with Gasteiger partial charge in [-0.15, -0.1) is 12.6 Å². The number of furan rings is 1. The third-order valence-electron chi connectivity index (χ3n) is 5.96. The highest BCUT2D eigenvalue weighted by Gasteiger charge is 2.40. The molecule has 29 heavy (non-hydrogen) atoms. The number of ether oxygens (including phenoxy) is 2. The van der Waals surface area contributed by atoms with Gasteiger partial charge in [0.15, 0.2) is 11.5 Å². The number of benzene rings is 1. The van der Waals surface area contributed by atoms with Crippen LogP contribution in [0.15, 0.2) is 33.6 Å². The van der Waals surface area contributed by atoms with Gasteiger partial charge in [-0.05, 0) is 61.4 Å². The van der Waals surface area contributed by atoms with Crippen molar-refractivity contribution in [2.24, 2.45) is 11.8 Å². The molecule has 2 bridgehead atoms. The van der Waals surface area contributed by atoms with E-state index >= 15 is 0 Å². The van der Waals surface area contributed by atoms with Crippen LogP contribution in [0, 0.1) is 11.8 Å². The van der Waals surface area contributed by atoms with Gasteiger partial charge in [0.05, 0.1) is 19.1 Å². The molecule has 2 fully saturated rings. The fourth-order valence-electron chi connectivity index (χ4n) is 4.49. The van der Waals surface area contributed by atoms with Crippen LogP contribution in [0.5, 0.6) is 17.2 Å². The molecule has 2 N–H and O–H groups in total. The van der Waals surface area contributed by atoms with Gasteiger partial charge in [0.2, 0.25) is 5.75 Å². The zero-order valence-corrected chi connectivity index (χ0v) is 17.4. The lowest BCUT2D eigenvalue weighted by Gasteiger charge is -2.22. The number of hydrogen-bond acceptors (Lipinski definition) is 6. The van der Waals surface area contributed by atoms with E-state index < -0.39 is 0 Å². The topological polar surface area (TPSA) is 80.9 Å². The number of hydrogen-bond donors (Lipinski definition) is 3. The first-order valence-corrected chi connectivity index (χ1v) is 10.2. The highest BCUT2D eigenvalue weighted by Crippen LogP contribution is 2.44. The Morgan fingerprint density at radius 2 is 1.93 bits per heavy atom. The summed E-state index contributed by atoms with van der Waals surface area (Å²) in [4.78, 5) is 12.8. The normalized spacial score (nSPS) is 23.3. The van der Waals surface area contributed by atoms with Gasteiger partial charge in [-0.3, -0.25) is 4.79 Å². The average Bonchev–Trinajstić information content (AvgIpc) is 3.45. The Kier molecular flexibility index (Phi) is 5.50. The maximum atomic E-state index is 12.5. The maximum absolute atomic E-state index is 12.5. The predicted molar refractivity (Wildman–Crippen MR) is 113 cm³/mol. The summed E-state index contributed by atoms with van der Waals surface area (Å²) in [6.45, 7) is 0. The Morgan fingerprint density at radius 1 is 1.21 bits per heavy atom. The van der Waals surface area contributed by atoms with E-state index in [-0.39, 0.29) is 29.2 Å². The van der Waals surface area contributed by atoms with Crippen molar-refractivity contribution < 1.29 is 23.8 Å². The minimum Gasteiger partial charge on any atom is -0.502 e. The monoisotopic (exact) mass is 415 g/mol. The number of carbonyl (C=O) groups is 1. The third-order valence-corrected chi connectivity index (χ3v) is 6.29. The van der Waals surface area contributed by atoms with Crippen molar-refractivity contribution in [1.29, 1.82) is 0 Å². The van der Waals surface area contributed by atoms with Gasteiger partial charge in [0, 0.05) is 11.6 Å². The second-order valence-corrected chi connectivity index (χ2v) is 8.20. The highest BCUT2D eigenvalue weighted by molar-refractivity contribution is 7.85. The highest BCUT2D eigenvalue weighted by atomic mass is 32.1. The number of phenolic OH excluding ortho intramolecular Hbond substituents is 1. The summed E-state index contributed by atoms with van der Waals surface area (Å²) in [6, 6.07) is 7.14. The lowest BCUT2D eigenvalue weighted by atomic mass is 9.95. The summed E-state index contributed by atoms with van der Waals surface area (Å²) in [6.07, 6.45) is 6.43. The number of phenols is 1. The van der Waals surface area contributed by atoms with Crippen LogP contribution in [-0.2, 0) is 4.79 Å². The molecule has 2 saturated carbocycles. The molecule has 0 spiro atoms. The molecule has 1 aromatic carbocycles. The van der Waals surface area contributed by atoms with Gasteiger partial charge < -0.3 is 24.3 Å². The predicted octanol–water partition coefficient (Wildman–Crippen LogP) is 4.24. The molecule has 6 nitrogen and oxygen atoms in total. The molecule has 3 unspecified atom stereocenters. The second-order valence-electron chi connectivity index (χ2n) is 7.72. The minimum absolute atomic E-state index is 0.0691. The van der Waals surface area contributed by atoms with E-state index in [4.69, 9.17) is 13.9 Å². The second kappa shape index (κ2) is 8.06. The van der Waals surface area contributed by atoms with Gasteiger partial charge in [0.25, 0.3) is 5.91 Å². The first kappa shape index (κ1) is 19.8. The molecule has 2 aliphatic carbocycles. The number of carbonyl (C=O) groups excluding carboxylic acids is 1. The van der Waals surface area contributed by atoms with E-state index in [1.807, 2.05) is 0 Å². The number of fused-ring (bicyclic) bond motifs is 2. The fraction of sp³-hybridized carbons (Fsp3) is 0.409. The van der Waals surface area contributed by atoms with Crippen molar-refractivity contribution in [3.63, 3.8) is 0 Å². The lowest BCUT2D eigenvalue weighted by Crippen LogP contribution is -2.38. The largest absolute Gasteiger partial charge is 0.502 e. The molecule has 0 radical (unpaired) electrons. The first-order chi connectivity index (χ1) is 14.0. The first-order valence-electron chi connectivity index (χ1n) is 9.75. The van der Waals surface area contributed by atoms with Crippen LogP contribution >= 0.6 is 12.6 Å². The number of thiol groups is 1. The van der Waals surface area contributed by atoms with Crippen LogP contribution in [0.25, 0.3) is 17.4 Å². The molecule has 1 aromatic heterocycles. The van der Waals surface area contributed by atoms with E-state index in [1.54, 1.807) is 30.3 Å². The van der Waals surface area contributed by atoms with Crippen LogP contribution in [0.2, 0.25) is 0 Å². The molecule has 1 amide bonds. The molecule has 7 heteroatoms. The zero-order valence-electron chi connectivity index (χ0n) is 16.5. The quantitative estimate of drug-likeness (QED) is 0.486. The number of rotatable bonds is 6. The minimum atomic E-state index is -0.170. The lowest BCUT2D eigenvalue weighted by molar-refractivity contribution is -0.117. The Hall–Kier alpha value is -2.54. The van der Waals surface area contributed by atoms with Crippen molar-refractivity contribution in [3.05, 3.63) is 34.9 Å². The van der Waals surface area contributed by atoms with Crippen LogP contribution in [-0.4, -0.2) is 31.3 Å². The summed E-state index contributed by atoms with van der Waals surface area (Å²) < 4.78 is 16.2. The maximum Gasteiger partial charge on any atom is 0.257 e.